The van der Waals surface area contributed by atoms with Gasteiger partial charge in [-0.25, -0.2) is 8.78 Å². The van der Waals surface area contributed by atoms with Crippen LogP contribution in [0, 0.1) is 11.6 Å². The van der Waals surface area contributed by atoms with Gasteiger partial charge in [-0.05, 0) is 0 Å². The summed E-state index contributed by atoms with van der Waals surface area (Å²) >= 11 is 0. The molecule has 1 rings (SSSR count). The van der Waals surface area contributed by atoms with E-state index in [1.54, 1.807) is 0 Å². The van der Waals surface area contributed by atoms with E-state index in [-0.39, 0.29) is 5.69 Å². The van der Waals surface area contributed by atoms with Crippen LogP contribution in [-0.2, 0) is 10.5 Å². The third kappa shape index (κ3) is 2.39. The first-order valence-electron chi connectivity index (χ1n) is 2.85. The number of nitrogens with zero attached hydrogens (tertiary/aromatic N) is 1. The molecular formula is C6H3F2NO2S. The lowest BCUT2D eigenvalue weighted by atomic mass is 10.3. The predicted molar refractivity (Wildman–Crippen MR) is 37.4 cm³/mol. The zero-order valence-electron chi connectivity index (χ0n) is 5.66. The molecule has 64 valence electrons. The molecule has 0 aliphatic heterocycles. The monoisotopic (exact) mass is 191 g/mol. The minimum Gasteiger partial charge on any atom is -0.207 e. The molecule has 0 N–H and O–H groups in total. The van der Waals surface area contributed by atoms with Crippen LogP contribution in [0.5, 0.6) is 0 Å². The Morgan fingerprint density at radius 3 is 2.00 bits per heavy atom. The molecule has 0 amide bonds. The van der Waals surface area contributed by atoms with Crippen molar-refractivity contribution in [2.45, 2.75) is 0 Å². The van der Waals surface area contributed by atoms with E-state index in [1.807, 2.05) is 0 Å². The van der Waals surface area contributed by atoms with Gasteiger partial charge in [0.2, 0.25) is 0 Å². The molecular weight excluding hydrogens is 188 g/mol. The largest absolute Gasteiger partial charge is 0.316 e. The first-order chi connectivity index (χ1) is 5.58. The van der Waals surface area contributed by atoms with Crippen molar-refractivity contribution in [1.82, 2.24) is 0 Å². The van der Waals surface area contributed by atoms with Crippen LogP contribution in [0.15, 0.2) is 22.6 Å². The summed E-state index contributed by atoms with van der Waals surface area (Å²) in [5.41, 5.74) is -0.263. The van der Waals surface area contributed by atoms with Crippen LogP contribution in [0.25, 0.3) is 0 Å². The Balaban J connectivity index is 3.27. The number of rotatable bonds is 1. The molecule has 1 aromatic carbocycles. The predicted octanol–water partition coefficient (Wildman–Crippen LogP) is 1.66. The molecule has 0 fully saturated rings. The van der Waals surface area contributed by atoms with Gasteiger partial charge in [0.1, 0.15) is 11.6 Å². The second kappa shape index (κ2) is 3.40. The number of halogens is 2. The topological polar surface area (TPSA) is 46.5 Å². The lowest BCUT2D eigenvalue weighted by molar-refractivity contribution is 0.584. The highest BCUT2D eigenvalue weighted by molar-refractivity contribution is 7.61. The molecule has 1 aromatic rings. The van der Waals surface area contributed by atoms with E-state index < -0.39 is 22.1 Å². The normalized spacial score (nSPS) is 9.50. The molecule has 0 atom stereocenters. The Morgan fingerprint density at radius 1 is 1.08 bits per heavy atom. The minimum atomic E-state index is -2.69. The van der Waals surface area contributed by atoms with E-state index in [0.717, 1.165) is 12.1 Å². The fourth-order valence-corrected chi connectivity index (χ4v) is 0.956. The Hall–Kier alpha value is -1.30. The van der Waals surface area contributed by atoms with Gasteiger partial charge in [0.25, 0.3) is 0 Å². The van der Waals surface area contributed by atoms with Crippen LogP contribution < -0.4 is 0 Å². The van der Waals surface area contributed by atoms with Gasteiger partial charge in [-0.3, -0.25) is 0 Å². The van der Waals surface area contributed by atoms with Gasteiger partial charge < -0.3 is 0 Å². The molecule has 0 heterocycles. The van der Waals surface area contributed by atoms with Crippen molar-refractivity contribution in [1.29, 1.82) is 0 Å². The van der Waals surface area contributed by atoms with Crippen molar-refractivity contribution in [3.05, 3.63) is 29.8 Å². The third-order valence-corrected chi connectivity index (χ3v) is 1.39. The number of benzene rings is 1. The highest BCUT2D eigenvalue weighted by atomic mass is 32.2. The summed E-state index contributed by atoms with van der Waals surface area (Å²) in [7, 11) is -2.69. The van der Waals surface area contributed by atoms with Gasteiger partial charge in [-0.15, -0.1) is 4.36 Å². The molecule has 0 bridgehead atoms. The van der Waals surface area contributed by atoms with Crippen molar-refractivity contribution in [3.8, 4) is 0 Å². The van der Waals surface area contributed by atoms with Gasteiger partial charge in [-0.1, -0.05) is 0 Å². The smallest absolute Gasteiger partial charge is 0.207 e. The number of hydrogen-bond acceptors (Lipinski definition) is 3. The molecule has 0 saturated carbocycles. The molecule has 3 nitrogen and oxygen atoms in total. The Morgan fingerprint density at radius 2 is 1.58 bits per heavy atom. The van der Waals surface area contributed by atoms with E-state index >= 15 is 0 Å². The van der Waals surface area contributed by atoms with Gasteiger partial charge in [-0.2, -0.15) is 8.42 Å². The Bertz CT molecular complexity index is 399. The van der Waals surface area contributed by atoms with E-state index in [0.29, 0.717) is 6.07 Å². The zero-order chi connectivity index (χ0) is 9.14. The van der Waals surface area contributed by atoms with E-state index in [1.165, 1.54) is 0 Å². The van der Waals surface area contributed by atoms with E-state index in [4.69, 9.17) is 0 Å². The maximum atomic E-state index is 12.4. The van der Waals surface area contributed by atoms with Gasteiger partial charge in [0.15, 0.2) is 0 Å². The molecule has 6 heteroatoms. The van der Waals surface area contributed by atoms with Crippen LogP contribution in [0.4, 0.5) is 14.5 Å². The lowest BCUT2D eigenvalue weighted by Crippen LogP contribution is -1.77. The van der Waals surface area contributed by atoms with Crippen molar-refractivity contribution in [2.75, 3.05) is 0 Å². The van der Waals surface area contributed by atoms with Crippen molar-refractivity contribution in [3.63, 3.8) is 0 Å². The van der Waals surface area contributed by atoms with Gasteiger partial charge in [0.05, 0.1) is 5.69 Å². The molecule has 0 spiro atoms. The van der Waals surface area contributed by atoms with Crippen molar-refractivity contribution in [2.24, 2.45) is 4.36 Å². The van der Waals surface area contributed by atoms with Crippen LogP contribution in [0.3, 0.4) is 0 Å². The molecule has 0 aromatic heterocycles. The lowest BCUT2D eigenvalue weighted by Gasteiger charge is -1.90. The SMILES string of the molecule is O=S(=O)=Nc1cc(F)cc(F)c1. The van der Waals surface area contributed by atoms with Crippen LogP contribution in [-0.4, -0.2) is 8.42 Å². The third-order valence-electron chi connectivity index (χ3n) is 1.03. The summed E-state index contributed by atoms with van der Waals surface area (Å²) < 4.78 is 47.6. The second-order valence-electron chi connectivity index (χ2n) is 1.94. The summed E-state index contributed by atoms with van der Waals surface area (Å²) in [6.45, 7) is 0. The van der Waals surface area contributed by atoms with Gasteiger partial charge >= 0.3 is 10.5 Å². The Labute approximate surface area is 68.4 Å². The molecule has 0 aliphatic rings. The maximum Gasteiger partial charge on any atom is 0.316 e. The molecule has 0 aliphatic carbocycles. The summed E-state index contributed by atoms with van der Waals surface area (Å²) in [4.78, 5) is 0. The molecule has 0 saturated heterocycles. The first kappa shape index (κ1) is 8.79. The van der Waals surface area contributed by atoms with Gasteiger partial charge in [0, 0.05) is 18.2 Å². The van der Waals surface area contributed by atoms with E-state index in [2.05, 4.69) is 4.36 Å². The average molecular weight is 191 g/mol. The quantitative estimate of drug-likeness (QED) is 0.677. The van der Waals surface area contributed by atoms with Crippen LogP contribution in [0.2, 0.25) is 0 Å². The first-order valence-corrected chi connectivity index (χ1v) is 3.88. The summed E-state index contributed by atoms with van der Waals surface area (Å²) in [5, 5.41) is 0. The zero-order valence-corrected chi connectivity index (χ0v) is 6.48. The highest BCUT2D eigenvalue weighted by Crippen LogP contribution is 2.15. The fraction of sp³-hybridized carbons (Fsp3) is 0. The summed E-state index contributed by atoms with van der Waals surface area (Å²) in [6, 6.07) is 2.27. The van der Waals surface area contributed by atoms with E-state index in [9.17, 15) is 17.2 Å². The Kier molecular flexibility index (Phi) is 2.49. The van der Waals surface area contributed by atoms with Crippen molar-refractivity contribution >= 4 is 16.2 Å². The standard InChI is InChI=1S/C6H3F2NO2S/c7-4-1-5(8)3-6(2-4)9-12(10)11/h1-3H. The van der Waals surface area contributed by atoms with Crippen LogP contribution >= 0.6 is 0 Å². The summed E-state index contributed by atoms with van der Waals surface area (Å²) in [6.07, 6.45) is 0. The van der Waals surface area contributed by atoms with Crippen LogP contribution in [0.1, 0.15) is 0 Å². The highest BCUT2D eigenvalue weighted by Gasteiger charge is 1.98. The fourth-order valence-electron chi connectivity index (χ4n) is 0.678. The average Bonchev–Trinajstić information content (AvgIpc) is 1.81. The molecule has 0 radical (unpaired) electrons. The molecule has 0 unspecified atom stereocenters. The van der Waals surface area contributed by atoms with Crippen molar-refractivity contribution < 1.29 is 17.2 Å². The maximum absolute atomic E-state index is 12.4. The summed E-state index contributed by atoms with van der Waals surface area (Å²) in [5.74, 6) is -1.72. The second-order valence-corrected chi connectivity index (χ2v) is 2.55. The minimum absolute atomic E-state index is 0.263. The number of hydrogen-bond donors (Lipinski definition) is 0. The molecule has 12 heavy (non-hydrogen) atoms.